The van der Waals surface area contributed by atoms with Crippen molar-refractivity contribution in [1.82, 2.24) is 14.8 Å². The van der Waals surface area contributed by atoms with Crippen LogP contribution in [0, 0.1) is 0 Å². The van der Waals surface area contributed by atoms with Crippen LogP contribution in [0.4, 0.5) is 0 Å². The lowest BCUT2D eigenvalue weighted by Crippen LogP contribution is -2.38. The smallest absolute Gasteiger partial charge is 0.267 e. The summed E-state index contributed by atoms with van der Waals surface area (Å²) in [5.41, 5.74) is 1.11. The van der Waals surface area contributed by atoms with E-state index in [0.717, 1.165) is 19.6 Å². The second kappa shape index (κ2) is 6.70. The van der Waals surface area contributed by atoms with E-state index in [0.29, 0.717) is 17.8 Å². The first-order valence-electron chi connectivity index (χ1n) is 7.26. The predicted molar refractivity (Wildman–Crippen MR) is 78.0 cm³/mol. The van der Waals surface area contributed by atoms with Gasteiger partial charge in [-0.05, 0) is 38.9 Å². The second-order valence-electron chi connectivity index (χ2n) is 5.44. The van der Waals surface area contributed by atoms with Gasteiger partial charge in [-0.1, -0.05) is 6.42 Å². The first kappa shape index (κ1) is 14.8. The van der Waals surface area contributed by atoms with E-state index in [2.05, 4.69) is 10.2 Å². The molecule has 1 aromatic rings. The van der Waals surface area contributed by atoms with Crippen molar-refractivity contribution in [3.05, 3.63) is 23.5 Å². The van der Waals surface area contributed by atoms with E-state index < -0.39 is 0 Å². The van der Waals surface area contributed by atoms with Crippen molar-refractivity contribution in [2.75, 3.05) is 26.2 Å². The summed E-state index contributed by atoms with van der Waals surface area (Å²) in [5.74, 6) is -0.134. The van der Waals surface area contributed by atoms with Crippen LogP contribution in [0.15, 0.2) is 12.3 Å². The molecule has 0 radical (unpaired) electrons. The van der Waals surface area contributed by atoms with Crippen LogP contribution < -0.4 is 5.32 Å². The van der Waals surface area contributed by atoms with Crippen molar-refractivity contribution >= 4 is 11.7 Å². The first-order chi connectivity index (χ1) is 9.58. The summed E-state index contributed by atoms with van der Waals surface area (Å²) in [6, 6.07) is 1.65. The van der Waals surface area contributed by atoms with Gasteiger partial charge in [-0.15, -0.1) is 0 Å². The second-order valence-corrected chi connectivity index (χ2v) is 5.44. The minimum Gasteiger partial charge on any atom is -0.349 e. The summed E-state index contributed by atoms with van der Waals surface area (Å²) in [6.45, 7) is 5.32. The molecule has 0 aromatic carbocycles. The third kappa shape index (κ3) is 3.70. The van der Waals surface area contributed by atoms with Gasteiger partial charge in [0.25, 0.3) is 5.91 Å². The Hall–Kier alpha value is -1.62. The molecule has 1 saturated heterocycles. The number of Topliss-reactive ketones (excluding diaryl/α,β-unsaturated/α-hetero) is 1. The molecule has 2 rings (SSSR count). The number of nitrogens with zero attached hydrogens (tertiary/aromatic N) is 2. The van der Waals surface area contributed by atoms with Crippen LogP contribution in [0.5, 0.6) is 0 Å². The number of ketones is 1. The molecule has 20 heavy (non-hydrogen) atoms. The standard InChI is InChI=1S/C15H23N3O2/c1-12(19)13-10-14(17(2)11-13)15(20)16-6-9-18-7-4-3-5-8-18/h10-11H,3-9H2,1-2H3,(H,16,20). The fraction of sp³-hybridized carbons (Fsp3) is 0.600. The van der Waals surface area contributed by atoms with Crippen LogP contribution in [0.25, 0.3) is 0 Å². The Morgan fingerprint density at radius 1 is 1.25 bits per heavy atom. The zero-order chi connectivity index (χ0) is 14.5. The maximum absolute atomic E-state index is 12.1. The number of carbonyl (C=O) groups is 2. The van der Waals surface area contributed by atoms with E-state index in [1.165, 1.54) is 26.2 Å². The number of rotatable bonds is 5. The fourth-order valence-corrected chi connectivity index (χ4v) is 2.58. The van der Waals surface area contributed by atoms with Gasteiger partial charge < -0.3 is 14.8 Å². The molecule has 0 spiro atoms. The monoisotopic (exact) mass is 277 g/mol. The lowest BCUT2D eigenvalue weighted by molar-refractivity contribution is 0.0938. The number of amides is 1. The Bertz CT molecular complexity index is 487. The van der Waals surface area contributed by atoms with Crippen molar-refractivity contribution in [2.24, 2.45) is 7.05 Å². The van der Waals surface area contributed by atoms with Crippen LogP contribution in [0.2, 0.25) is 0 Å². The third-order valence-electron chi connectivity index (χ3n) is 3.81. The van der Waals surface area contributed by atoms with E-state index in [-0.39, 0.29) is 11.7 Å². The highest BCUT2D eigenvalue weighted by atomic mass is 16.2. The average molecular weight is 277 g/mol. The summed E-state index contributed by atoms with van der Waals surface area (Å²) < 4.78 is 1.70. The molecule has 1 aromatic heterocycles. The van der Waals surface area contributed by atoms with Gasteiger partial charge in [0.05, 0.1) is 0 Å². The maximum atomic E-state index is 12.1. The van der Waals surface area contributed by atoms with Gasteiger partial charge in [0.15, 0.2) is 5.78 Å². The van der Waals surface area contributed by atoms with E-state index in [1.54, 1.807) is 23.9 Å². The molecule has 1 aliphatic rings. The van der Waals surface area contributed by atoms with Crippen molar-refractivity contribution in [3.8, 4) is 0 Å². The maximum Gasteiger partial charge on any atom is 0.267 e. The lowest BCUT2D eigenvalue weighted by Gasteiger charge is -2.26. The molecular formula is C15H23N3O2. The summed E-state index contributed by atoms with van der Waals surface area (Å²) in [6.07, 6.45) is 5.53. The van der Waals surface area contributed by atoms with E-state index in [9.17, 15) is 9.59 Å². The zero-order valence-electron chi connectivity index (χ0n) is 12.3. The quantitative estimate of drug-likeness (QED) is 0.829. The number of hydrogen-bond acceptors (Lipinski definition) is 3. The van der Waals surface area contributed by atoms with E-state index >= 15 is 0 Å². The molecule has 2 heterocycles. The zero-order valence-corrected chi connectivity index (χ0v) is 12.3. The normalized spacial score (nSPS) is 16.1. The fourth-order valence-electron chi connectivity index (χ4n) is 2.58. The number of likely N-dealkylation sites (tertiary alicyclic amines) is 1. The van der Waals surface area contributed by atoms with Crippen LogP contribution >= 0.6 is 0 Å². The molecule has 1 aliphatic heterocycles. The highest BCUT2D eigenvalue weighted by Crippen LogP contribution is 2.09. The minimum absolute atomic E-state index is 0.0204. The Balaban J connectivity index is 1.83. The highest BCUT2D eigenvalue weighted by molar-refractivity contribution is 5.99. The molecule has 5 heteroatoms. The van der Waals surface area contributed by atoms with Crippen LogP contribution in [-0.4, -0.2) is 47.3 Å². The first-order valence-corrected chi connectivity index (χ1v) is 7.26. The van der Waals surface area contributed by atoms with Gasteiger partial charge in [0, 0.05) is 31.9 Å². The van der Waals surface area contributed by atoms with E-state index in [1.807, 2.05) is 0 Å². The predicted octanol–water partition coefficient (Wildman–Crippen LogP) is 1.44. The van der Waals surface area contributed by atoms with Crippen LogP contribution in [-0.2, 0) is 7.05 Å². The molecule has 1 amide bonds. The SMILES string of the molecule is CC(=O)c1cc(C(=O)NCCN2CCCCC2)n(C)c1. The molecule has 0 bridgehead atoms. The summed E-state index contributed by atoms with van der Waals surface area (Å²) in [4.78, 5) is 25.8. The molecule has 0 aliphatic carbocycles. The number of aryl methyl sites for hydroxylation is 1. The third-order valence-corrected chi connectivity index (χ3v) is 3.81. The molecular weight excluding hydrogens is 254 g/mol. The van der Waals surface area contributed by atoms with Gasteiger partial charge in [-0.3, -0.25) is 9.59 Å². The number of piperidine rings is 1. The number of carbonyl (C=O) groups excluding carboxylic acids is 2. The highest BCUT2D eigenvalue weighted by Gasteiger charge is 2.14. The van der Waals surface area contributed by atoms with Crippen LogP contribution in [0.3, 0.4) is 0 Å². The van der Waals surface area contributed by atoms with Crippen molar-refractivity contribution in [3.63, 3.8) is 0 Å². The summed E-state index contributed by atoms with van der Waals surface area (Å²) in [7, 11) is 1.78. The van der Waals surface area contributed by atoms with Crippen molar-refractivity contribution < 1.29 is 9.59 Å². The van der Waals surface area contributed by atoms with Crippen LogP contribution in [0.1, 0.15) is 47.0 Å². The molecule has 5 nitrogen and oxygen atoms in total. The number of nitrogens with one attached hydrogen (secondary N) is 1. The molecule has 1 N–H and O–H groups in total. The van der Waals surface area contributed by atoms with Gasteiger partial charge >= 0.3 is 0 Å². The summed E-state index contributed by atoms with van der Waals surface area (Å²) in [5, 5.41) is 2.93. The molecule has 0 saturated carbocycles. The lowest BCUT2D eigenvalue weighted by atomic mass is 10.1. The Labute approximate surface area is 119 Å². The summed E-state index contributed by atoms with van der Waals surface area (Å²) >= 11 is 0. The number of aromatic nitrogens is 1. The average Bonchev–Trinajstić information content (AvgIpc) is 2.82. The molecule has 1 fully saturated rings. The Kier molecular flexibility index (Phi) is 4.95. The van der Waals surface area contributed by atoms with Gasteiger partial charge in [-0.25, -0.2) is 0 Å². The van der Waals surface area contributed by atoms with Crippen molar-refractivity contribution in [2.45, 2.75) is 26.2 Å². The molecule has 0 atom stereocenters. The largest absolute Gasteiger partial charge is 0.349 e. The minimum atomic E-state index is -0.114. The molecule has 110 valence electrons. The molecule has 0 unspecified atom stereocenters. The van der Waals surface area contributed by atoms with Gasteiger partial charge in [-0.2, -0.15) is 0 Å². The van der Waals surface area contributed by atoms with Gasteiger partial charge in [0.2, 0.25) is 0 Å². The Morgan fingerprint density at radius 2 is 1.95 bits per heavy atom. The van der Waals surface area contributed by atoms with Crippen molar-refractivity contribution in [1.29, 1.82) is 0 Å². The number of hydrogen-bond donors (Lipinski definition) is 1. The van der Waals surface area contributed by atoms with E-state index in [4.69, 9.17) is 0 Å². The van der Waals surface area contributed by atoms with Gasteiger partial charge in [0.1, 0.15) is 5.69 Å². The Morgan fingerprint density at radius 3 is 2.55 bits per heavy atom. The topological polar surface area (TPSA) is 54.3 Å².